The van der Waals surface area contributed by atoms with Gasteiger partial charge in [-0.25, -0.2) is 0 Å². The Kier molecular flexibility index (Phi) is 11.5. The van der Waals surface area contributed by atoms with Gasteiger partial charge in [0.05, 0.1) is 54.7 Å². The highest BCUT2D eigenvalue weighted by molar-refractivity contribution is 5.80. The van der Waals surface area contributed by atoms with E-state index < -0.39 is 78.8 Å². The number of carbonyl (C=O) groups is 1. The molecule has 232 valence electrons. The third kappa shape index (κ3) is 8.43. The molecule has 9 N–H and O–H groups in total. The number of rotatable bonds is 11. The number of allylic oxidation sites excluding steroid dienone is 1. The predicted octanol–water partition coefficient (Wildman–Crippen LogP) is -0.731. The minimum Gasteiger partial charge on any atom is -0.393 e. The molecule has 0 aromatic heterocycles. The van der Waals surface area contributed by atoms with Crippen molar-refractivity contribution in [1.82, 2.24) is 5.32 Å². The number of carbonyl (C=O) groups excluding carboxylic acids is 1. The lowest BCUT2D eigenvalue weighted by atomic mass is 9.81. The normalized spacial score (nSPS) is 42.1. The molecule has 0 spiro atoms. The number of nitrogens with two attached hydrogens (primary N) is 1. The van der Waals surface area contributed by atoms with Crippen LogP contribution in [-0.4, -0.2) is 110 Å². The van der Waals surface area contributed by atoms with E-state index in [9.17, 15) is 35.4 Å². The summed E-state index contributed by atoms with van der Waals surface area (Å²) in [7, 11) is 0. The zero-order valence-corrected chi connectivity index (χ0v) is 24.2. The fourth-order valence-electron chi connectivity index (χ4n) is 5.45. The van der Waals surface area contributed by atoms with Crippen LogP contribution in [0, 0.1) is 17.8 Å². The van der Waals surface area contributed by atoms with Gasteiger partial charge in [-0.15, -0.1) is 0 Å². The average Bonchev–Trinajstić information content (AvgIpc) is 2.82. The van der Waals surface area contributed by atoms with Crippen molar-refractivity contribution in [2.24, 2.45) is 23.5 Å². The van der Waals surface area contributed by atoms with Crippen LogP contribution in [0.4, 0.5) is 0 Å². The van der Waals surface area contributed by atoms with Crippen molar-refractivity contribution in [3.05, 3.63) is 12.2 Å². The molecule has 3 aliphatic rings. The Morgan fingerprint density at radius 3 is 2.35 bits per heavy atom. The average molecular weight is 575 g/mol. The van der Waals surface area contributed by atoms with E-state index >= 15 is 0 Å². The molecule has 5 unspecified atom stereocenters. The van der Waals surface area contributed by atoms with Gasteiger partial charge in [0.25, 0.3) is 0 Å². The Bertz CT molecular complexity index is 853. The van der Waals surface area contributed by atoms with Gasteiger partial charge in [0.2, 0.25) is 5.91 Å². The molecule has 0 aromatic rings. The largest absolute Gasteiger partial charge is 0.393 e. The maximum absolute atomic E-state index is 13.4. The number of hydrogen-bond donors (Lipinski definition) is 8. The van der Waals surface area contributed by atoms with E-state index in [1.807, 2.05) is 19.9 Å². The van der Waals surface area contributed by atoms with Gasteiger partial charge in [0, 0.05) is 25.3 Å². The van der Waals surface area contributed by atoms with Gasteiger partial charge < -0.3 is 55.9 Å². The molecule has 2 heterocycles. The van der Waals surface area contributed by atoms with Gasteiger partial charge in [-0.1, -0.05) is 39.8 Å². The first-order valence-corrected chi connectivity index (χ1v) is 14.5. The third-order valence-electron chi connectivity index (χ3n) is 8.16. The molecule has 2 aliphatic heterocycles. The van der Waals surface area contributed by atoms with Crippen molar-refractivity contribution in [3.63, 3.8) is 0 Å². The molecular formula is C28H50N2O10. The Balaban J connectivity index is 1.86. The molecule has 0 aromatic carbocycles. The molecule has 1 saturated carbocycles. The minimum absolute atomic E-state index is 0.00943. The van der Waals surface area contributed by atoms with E-state index in [2.05, 4.69) is 5.32 Å². The summed E-state index contributed by atoms with van der Waals surface area (Å²) in [4.78, 5) is 13.4. The smallest absolute Gasteiger partial charge is 0.228 e. The molecule has 2 saturated heterocycles. The highest BCUT2D eigenvalue weighted by Gasteiger charge is 2.51. The molecule has 3 fully saturated rings. The topological polar surface area (TPSA) is 204 Å². The summed E-state index contributed by atoms with van der Waals surface area (Å²) in [5.74, 6) is -3.49. The molecule has 1 aliphatic carbocycles. The quantitative estimate of drug-likeness (QED) is 0.144. The van der Waals surface area contributed by atoms with Crippen molar-refractivity contribution < 1.29 is 49.6 Å². The van der Waals surface area contributed by atoms with Gasteiger partial charge in [-0.2, -0.15) is 0 Å². The zero-order chi connectivity index (χ0) is 29.9. The fraction of sp³-hybridized carbons (Fsp3) is 0.893. The number of nitrogens with one attached hydrogen (secondary N) is 1. The molecule has 0 bridgehead atoms. The third-order valence-corrected chi connectivity index (χ3v) is 8.16. The number of aliphatic hydroxyl groups excluding tert-OH is 5. The second-order valence-electron chi connectivity index (χ2n) is 12.6. The van der Waals surface area contributed by atoms with Crippen molar-refractivity contribution in [2.75, 3.05) is 0 Å². The summed E-state index contributed by atoms with van der Waals surface area (Å²) in [5, 5.41) is 66.3. The van der Waals surface area contributed by atoms with Crippen molar-refractivity contribution in [2.45, 2.75) is 140 Å². The standard InChI is InChI=1S/C28H50N2O10/c1-13(2)6-7-18(39-27-25(35)23(29)24(34)15(5)38-27)10-21-22(26(36)30-16-8-17(31)9-16)20(33)12-28(37,40-21)11-19(32)14(3)4/h6-7,13-25,27,31-35,37H,8-12,29H2,1-5H3,(H,30,36)/b7-6+/t15?,16?,17?,18-,19+,20-,21-,22+,23?,24?,25?,27?,28+/m0/s1. The molecule has 12 heteroatoms. The minimum atomic E-state index is -1.90. The Hall–Kier alpha value is -1.19. The van der Waals surface area contributed by atoms with Crippen LogP contribution in [0.2, 0.25) is 0 Å². The van der Waals surface area contributed by atoms with E-state index in [0.717, 1.165) is 0 Å². The number of ether oxygens (including phenoxy) is 3. The van der Waals surface area contributed by atoms with E-state index in [1.54, 1.807) is 26.8 Å². The molecule has 11 atom stereocenters. The van der Waals surface area contributed by atoms with E-state index in [1.165, 1.54) is 0 Å². The lowest BCUT2D eigenvalue weighted by Crippen LogP contribution is -2.62. The lowest BCUT2D eigenvalue weighted by molar-refractivity contribution is -0.307. The number of aliphatic hydroxyl groups is 6. The maximum Gasteiger partial charge on any atom is 0.228 e. The Morgan fingerprint density at radius 2 is 1.77 bits per heavy atom. The first kappa shape index (κ1) is 33.3. The van der Waals surface area contributed by atoms with Crippen LogP contribution < -0.4 is 11.1 Å². The van der Waals surface area contributed by atoms with Crippen LogP contribution in [-0.2, 0) is 19.0 Å². The van der Waals surface area contributed by atoms with Crippen LogP contribution >= 0.6 is 0 Å². The SMILES string of the molecule is CC(C)/C=C/[C@@H](C[C@@H]1O[C@](O)(C[C@@H](O)C(C)C)C[C@H](O)[C@H]1C(=O)NC1CC(O)C1)OC1OC(C)C(O)C(N)C1O. The van der Waals surface area contributed by atoms with E-state index in [-0.39, 0.29) is 37.1 Å². The van der Waals surface area contributed by atoms with Crippen LogP contribution in [0.25, 0.3) is 0 Å². The Labute approximate surface area is 236 Å². The van der Waals surface area contributed by atoms with E-state index in [0.29, 0.717) is 12.8 Å². The first-order chi connectivity index (χ1) is 18.6. The second-order valence-corrected chi connectivity index (χ2v) is 12.6. The van der Waals surface area contributed by atoms with Crippen LogP contribution in [0.3, 0.4) is 0 Å². The monoisotopic (exact) mass is 574 g/mol. The summed E-state index contributed by atoms with van der Waals surface area (Å²) in [6.07, 6.45) is -4.85. The summed E-state index contributed by atoms with van der Waals surface area (Å²) in [6, 6.07) is -1.23. The zero-order valence-electron chi connectivity index (χ0n) is 24.2. The maximum atomic E-state index is 13.4. The molecule has 40 heavy (non-hydrogen) atoms. The van der Waals surface area contributed by atoms with Crippen molar-refractivity contribution in [3.8, 4) is 0 Å². The first-order valence-electron chi connectivity index (χ1n) is 14.5. The highest BCUT2D eigenvalue weighted by Crippen LogP contribution is 2.38. The lowest BCUT2D eigenvalue weighted by Gasteiger charge is -2.46. The number of hydrogen-bond acceptors (Lipinski definition) is 11. The Morgan fingerprint density at radius 1 is 1.12 bits per heavy atom. The van der Waals surface area contributed by atoms with Crippen LogP contribution in [0.5, 0.6) is 0 Å². The van der Waals surface area contributed by atoms with Crippen molar-refractivity contribution in [1.29, 1.82) is 0 Å². The summed E-state index contributed by atoms with van der Waals surface area (Å²) < 4.78 is 17.9. The van der Waals surface area contributed by atoms with Crippen LogP contribution in [0.15, 0.2) is 12.2 Å². The second kappa shape index (κ2) is 13.9. The summed E-state index contributed by atoms with van der Waals surface area (Å²) in [5.41, 5.74) is 5.98. The fourth-order valence-corrected chi connectivity index (χ4v) is 5.45. The van der Waals surface area contributed by atoms with Gasteiger partial charge in [-0.3, -0.25) is 4.79 Å². The summed E-state index contributed by atoms with van der Waals surface area (Å²) >= 11 is 0. The van der Waals surface area contributed by atoms with Gasteiger partial charge >= 0.3 is 0 Å². The molecule has 12 nitrogen and oxygen atoms in total. The molecule has 3 rings (SSSR count). The van der Waals surface area contributed by atoms with Crippen LogP contribution in [0.1, 0.15) is 66.7 Å². The summed E-state index contributed by atoms with van der Waals surface area (Å²) in [6.45, 7) is 9.14. The van der Waals surface area contributed by atoms with Gasteiger partial charge in [0.15, 0.2) is 12.1 Å². The number of amides is 1. The molecular weight excluding hydrogens is 524 g/mol. The predicted molar refractivity (Wildman–Crippen MR) is 144 cm³/mol. The molecule has 1 amide bonds. The highest BCUT2D eigenvalue weighted by atomic mass is 16.7. The van der Waals surface area contributed by atoms with Crippen molar-refractivity contribution >= 4 is 5.91 Å². The van der Waals surface area contributed by atoms with Gasteiger partial charge in [-0.05, 0) is 31.6 Å². The van der Waals surface area contributed by atoms with Gasteiger partial charge in [0.1, 0.15) is 6.10 Å². The molecule has 0 radical (unpaired) electrons. The van der Waals surface area contributed by atoms with E-state index in [4.69, 9.17) is 19.9 Å².